The van der Waals surface area contributed by atoms with E-state index in [0.717, 1.165) is 56.4 Å². The van der Waals surface area contributed by atoms with E-state index in [1.165, 1.54) is 34.7 Å². The van der Waals surface area contributed by atoms with E-state index >= 15 is 0 Å². The Labute approximate surface area is 237 Å². The molecule has 0 radical (unpaired) electrons. The van der Waals surface area contributed by atoms with E-state index in [-0.39, 0.29) is 17.6 Å². The van der Waals surface area contributed by atoms with Crippen LogP contribution in [0.4, 0.5) is 0 Å². The fourth-order valence-corrected chi connectivity index (χ4v) is 6.62. The molecule has 0 aromatic heterocycles. The maximum Gasteiger partial charge on any atom is 0.251 e. The molecule has 1 aliphatic carbocycles. The van der Waals surface area contributed by atoms with Gasteiger partial charge in [0.25, 0.3) is 5.91 Å². The predicted octanol–water partition coefficient (Wildman–Crippen LogP) is 6.83. The standard InChI is InChI=1S/C36H38N2O2/c39-35-30(20-24-38-22-18-27(19-23-38)26-7-2-1-3-8-26)13-14-31-25-32(15-16-34(31)35)36(40)37-21-17-29-11-6-10-28-9-4-5-12-33(28)29/h1-12,15-16,25,27,30H,13-14,17-24H2,(H,37,40). The van der Waals surface area contributed by atoms with Gasteiger partial charge in [0, 0.05) is 23.6 Å². The molecule has 2 aliphatic rings. The molecule has 0 bridgehead atoms. The number of hydrogen-bond acceptors (Lipinski definition) is 3. The van der Waals surface area contributed by atoms with Crippen LogP contribution in [0.5, 0.6) is 0 Å². The third-order valence-corrected chi connectivity index (χ3v) is 8.98. The number of carbonyl (C=O) groups excluding carboxylic acids is 2. The number of likely N-dealkylation sites (tertiary alicyclic amines) is 1. The number of benzene rings is 4. The number of nitrogens with zero attached hydrogens (tertiary/aromatic N) is 1. The first-order valence-corrected chi connectivity index (χ1v) is 14.8. The van der Waals surface area contributed by atoms with Crippen molar-refractivity contribution in [2.24, 2.45) is 5.92 Å². The van der Waals surface area contributed by atoms with Crippen LogP contribution in [0.1, 0.15) is 69.0 Å². The summed E-state index contributed by atoms with van der Waals surface area (Å²) in [6.07, 6.45) is 5.82. The monoisotopic (exact) mass is 530 g/mol. The van der Waals surface area contributed by atoms with Crippen LogP contribution in [-0.4, -0.2) is 42.8 Å². The number of nitrogens with one attached hydrogen (secondary N) is 1. The molecule has 0 spiro atoms. The first kappa shape index (κ1) is 26.5. The topological polar surface area (TPSA) is 49.4 Å². The Bertz CT molecular complexity index is 1480. The number of amides is 1. The summed E-state index contributed by atoms with van der Waals surface area (Å²) in [6, 6.07) is 31.2. The average molecular weight is 531 g/mol. The van der Waals surface area contributed by atoms with Gasteiger partial charge in [-0.05, 0) is 104 Å². The second-order valence-electron chi connectivity index (χ2n) is 11.4. The van der Waals surface area contributed by atoms with Gasteiger partial charge in [-0.3, -0.25) is 9.59 Å². The van der Waals surface area contributed by atoms with Crippen molar-refractivity contribution in [2.45, 2.75) is 44.4 Å². The summed E-state index contributed by atoms with van der Waals surface area (Å²) in [5.74, 6) is 0.921. The minimum Gasteiger partial charge on any atom is -0.352 e. The Kier molecular flexibility index (Phi) is 8.06. The molecule has 4 nitrogen and oxygen atoms in total. The second-order valence-corrected chi connectivity index (χ2v) is 11.4. The van der Waals surface area contributed by atoms with Crippen molar-refractivity contribution in [1.82, 2.24) is 10.2 Å². The predicted molar refractivity (Wildman–Crippen MR) is 162 cm³/mol. The third kappa shape index (κ3) is 5.88. The number of hydrogen-bond donors (Lipinski definition) is 1. The molecule has 1 atom stereocenters. The van der Waals surface area contributed by atoms with Crippen LogP contribution in [0, 0.1) is 5.92 Å². The van der Waals surface area contributed by atoms with Gasteiger partial charge in [0.15, 0.2) is 5.78 Å². The summed E-state index contributed by atoms with van der Waals surface area (Å²) in [4.78, 5) is 28.8. The molecule has 4 aromatic rings. The van der Waals surface area contributed by atoms with Crippen LogP contribution in [0.2, 0.25) is 0 Å². The van der Waals surface area contributed by atoms with Crippen molar-refractivity contribution in [2.75, 3.05) is 26.2 Å². The number of fused-ring (bicyclic) bond motifs is 2. The van der Waals surface area contributed by atoms with Crippen LogP contribution in [0.3, 0.4) is 0 Å². The minimum atomic E-state index is -0.0727. The molecule has 6 rings (SSSR count). The second kappa shape index (κ2) is 12.2. The van der Waals surface area contributed by atoms with E-state index in [2.05, 4.69) is 76.9 Å². The van der Waals surface area contributed by atoms with Gasteiger partial charge in [0.2, 0.25) is 0 Å². The van der Waals surface area contributed by atoms with E-state index in [0.29, 0.717) is 18.0 Å². The molecule has 40 heavy (non-hydrogen) atoms. The van der Waals surface area contributed by atoms with E-state index in [1.807, 2.05) is 24.3 Å². The molecular weight excluding hydrogens is 492 g/mol. The SMILES string of the molecule is O=C(NCCc1cccc2ccccc12)c1ccc2c(c1)CCC(CCN1CCC(c3ccccc3)CC1)C2=O. The van der Waals surface area contributed by atoms with E-state index in [9.17, 15) is 9.59 Å². The fraction of sp³-hybridized carbons (Fsp3) is 0.333. The summed E-state index contributed by atoms with van der Waals surface area (Å²) in [7, 11) is 0. The highest BCUT2D eigenvalue weighted by Crippen LogP contribution is 2.31. The molecule has 1 heterocycles. The number of carbonyl (C=O) groups is 2. The zero-order valence-corrected chi connectivity index (χ0v) is 23.1. The highest BCUT2D eigenvalue weighted by molar-refractivity contribution is 6.02. The summed E-state index contributed by atoms with van der Waals surface area (Å²) < 4.78 is 0. The smallest absolute Gasteiger partial charge is 0.251 e. The lowest BCUT2D eigenvalue weighted by atomic mass is 9.80. The zero-order valence-electron chi connectivity index (χ0n) is 23.1. The van der Waals surface area contributed by atoms with E-state index < -0.39 is 0 Å². The quantitative estimate of drug-likeness (QED) is 0.272. The average Bonchev–Trinajstić information content (AvgIpc) is 3.01. The van der Waals surface area contributed by atoms with Crippen molar-refractivity contribution >= 4 is 22.5 Å². The van der Waals surface area contributed by atoms with Gasteiger partial charge in [-0.15, -0.1) is 0 Å². The summed E-state index contributed by atoms with van der Waals surface area (Å²) >= 11 is 0. The zero-order chi connectivity index (χ0) is 27.3. The van der Waals surface area contributed by atoms with E-state index in [4.69, 9.17) is 0 Å². The van der Waals surface area contributed by atoms with Gasteiger partial charge < -0.3 is 10.2 Å². The van der Waals surface area contributed by atoms with Crippen LogP contribution >= 0.6 is 0 Å². The first-order valence-electron chi connectivity index (χ1n) is 14.8. The number of piperidine rings is 1. The van der Waals surface area contributed by atoms with Crippen molar-refractivity contribution < 1.29 is 9.59 Å². The maximum atomic E-state index is 13.3. The molecule has 1 N–H and O–H groups in total. The maximum absolute atomic E-state index is 13.3. The Morgan fingerprint density at radius 2 is 1.62 bits per heavy atom. The van der Waals surface area contributed by atoms with Crippen LogP contribution < -0.4 is 5.32 Å². The normalized spacial score (nSPS) is 18.0. The van der Waals surface area contributed by atoms with Gasteiger partial charge in [0.05, 0.1) is 0 Å². The summed E-state index contributed by atoms with van der Waals surface area (Å²) in [5.41, 5.74) is 5.17. The van der Waals surface area contributed by atoms with E-state index in [1.54, 1.807) is 0 Å². The van der Waals surface area contributed by atoms with Crippen molar-refractivity contribution in [3.63, 3.8) is 0 Å². The highest BCUT2D eigenvalue weighted by atomic mass is 16.1. The van der Waals surface area contributed by atoms with Gasteiger partial charge in [0.1, 0.15) is 0 Å². The Balaban J connectivity index is 0.994. The molecule has 1 fully saturated rings. The Morgan fingerprint density at radius 1 is 0.850 bits per heavy atom. The molecule has 0 saturated carbocycles. The van der Waals surface area contributed by atoms with Gasteiger partial charge in [-0.1, -0.05) is 78.9 Å². The summed E-state index contributed by atoms with van der Waals surface area (Å²) in [6.45, 7) is 3.78. The van der Waals surface area contributed by atoms with Crippen molar-refractivity contribution in [1.29, 1.82) is 0 Å². The first-order chi connectivity index (χ1) is 19.7. The summed E-state index contributed by atoms with van der Waals surface area (Å²) in [5, 5.41) is 5.53. The lowest BCUT2D eigenvalue weighted by molar-refractivity contribution is 0.0875. The van der Waals surface area contributed by atoms with Crippen LogP contribution in [-0.2, 0) is 12.8 Å². The molecule has 1 unspecified atom stereocenters. The molecule has 4 heteroatoms. The van der Waals surface area contributed by atoms with Crippen molar-refractivity contribution in [3.8, 4) is 0 Å². The Hall–Kier alpha value is -3.76. The third-order valence-electron chi connectivity index (χ3n) is 8.98. The largest absolute Gasteiger partial charge is 0.352 e. The molecule has 204 valence electrons. The minimum absolute atomic E-state index is 0.0727. The number of rotatable bonds is 8. The number of Topliss-reactive ketones (excluding diaryl/α,β-unsaturated/α-hetero) is 1. The highest BCUT2D eigenvalue weighted by Gasteiger charge is 2.29. The van der Waals surface area contributed by atoms with Crippen LogP contribution in [0.25, 0.3) is 10.8 Å². The van der Waals surface area contributed by atoms with Crippen LogP contribution in [0.15, 0.2) is 91.0 Å². The molecule has 1 aliphatic heterocycles. The van der Waals surface area contributed by atoms with Gasteiger partial charge in [-0.2, -0.15) is 0 Å². The van der Waals surface area contributed by atoms with Gasteiger partial charge >= 0.3 is 0 Å². The van der Waals surface area contributed by atoms with Gasteiger partial charge in [-0.25, -0.2) is 0 Å². The molecular formula is C36H38N2O2. The van der Waals surface area contributed by atoms with Crippen molar-refractivity contribution in [3.05, 3.63) is 119 Å². The lowest BCUT2D eigenvalue weighted by Gasteiger charge is -2.33. The molecule has 1 amide bonds. The fourth-order valence-electron chi connectivity index (χ4n) is 6.62. The number of ketones is 1. The lowest BCUT2D eigenvalue weighted by Crippen LogP contribution is -2.35. The Morgan fingerprint density at radius 3 is 2.48 bits per heavy atom. The molecule has 1 saturated heterocycles. The number of aryl methyl sites for hydroxylation is 1. The molecule has 4 aromatic carbocycles.